The SMILES string of the molecule is CN=CC=C(C(C)=N)C(O)C(=CN)N(C)N. The zero-order chi connectivity index (χ0) is 12.7. The smallest absolute Gasteiger partial charge is 0.123 e. The second-order valence-corrected chi connectivity index (χ2v) is 3.26. The van der Waals surface area contributed by atoms with Gasteiger partial charge in [0.1, 0.15) is 6.10 Å². The molecule has 0 radical (unpaired) electrons. The third kappa shape index (κ3) is 3.84. The predicted octanol–water partition coefficient (Wildman–Crippen LogP) is -0.380. The molecule has 0 spiro atoms. The van der Waals surface area contributed by atoms with Crippen molar-refractivity contribution in [2.75, 3.05) is 14.1 Å². The number of hydrogen-bond donors (Lipinski definition) is 4. The molecule has 0 aromatic carbocycles. The second-order valence-electron chi connectivity index (χ2n) is 3.26. The van der Waals surface area contributed by atoms with Crippen LogP contribution in [0.25, 0.3) is 0 Å². The first kappa shape index (κ1) is 14.3. The number of aliphatic hydroxyl groups is 1. The first-order valence-electron chi connectivity index (χ1n) is 4.71. The van der Waals surface area contributed by atoms with Crippen molar-refractivity contribution in [3.8, 4) is 0 Å². The van der Waals surface area contributed by atoms with Crippen molar-refractivity contribution < 1.29 is 5.11 Å². The van der Waals surface area contributed by atoms with Crippen LogP contribution in [0.15, 0.2) is 28.5 Å². The van der Waals surface area contributed by atoms with E-state index in [2.05, 4.69) is 4.99 Å². The van der Waals surface area contributed by atoms with E-state index in [4.69, 9.17) is 17.0 Å². The fraction of sp³-hybridized carbons (Fsp3) is 0.400. The molecule has 0 aliphatic rings. The quantitative estimate of drug-likeness (QED) is 0.290. The van der Waals surface area contributed by atoms with Crippen LogP contribution >= 0.6 is 0 Å². The number of nitrogens with zero attached hydrogens (tertiary/aromatic N) is 2. The maximum Gasteiger partial charge on any atom is 0.123 e. The first-order chi connectivity index (χ1) is 7.45. The molecule has 0 aliphatic carbocycles. The number of aliphatic hydroxyl groups excluding tert-OH is 1. The minimum Gasteiger partial charge on any atom is -0.403 e. The monoisotopic (exact) mass is 225 g/mol. The summed E-state index contributed by atoms with van der Waals surface area (Å²) in [5.74, 6) is 5.51. The lowest BCUT2D eigenvalue weighted by atomic mass is 10.0. The van der Waals surface area contributed by atoms with Gasteiger partial charge in [-0.2, -0.15) is 0 Å². The van der Waals surface area contributed by atoms with E-state index in [-0.39, 0.29) is 5.71 Å². The number of rotatable bonds is 5. The number of nitrogens with one attached hydrogen (secondary N) is 1. The number of nitrogens with two attached hydrogens (primary N) is 2. The van der Waals surface area contributed by atoms with Crippen molar-refractivity contribution >= 4 is 11.9 Å². The lowest BCUT2D eigenvalue weighted by Gasteiger charge is -2.22. The molecule has 1 atom stereocenters. The topological polar surface area (TPSA) is 112 Å². The van der Waals surface area contributed by atoms with Crippen LogP contribution in [0.2, 0.25) is 0 Å². The summed E-state index contributed by atoms with van der Waals surface area (Å²) in [7, 11) is 3.17. The highest BCUT2D eigenvalue weighted by Gasteiger charge is 2.19. The Bertz CT molecular complexity index is 330. The summed E-state index contributed by atoms with van der Waals surface area (Å²) in [5.41, 5.74) is 6.32. The van der Waals surface area contributed by atoms with Crippen molar-refractivity contribution in [2.24, 2.45) is 16.6 Å². The second kappa shape index (κ2) is 6.76. The van der Waals surface area contributed by atoms with Gasteiger partial charge in [0, 0.05) is 37.8 Å². The highest BCUT2D eigenvalue weighted by Crippen LogP contribution is 2.13. The van der Waals surface area contributed by atoms with Gasteiger partial charge >= 0.3 is 0 Å². The Kier molecular flexibility index (Phi) is 6.06. The molecule has 0 aliphatic heterocycles. The maximum atomic E-state index is 10.00. The Morgan fingerprint density at radius 3 is 2.44 bits per heavy atom. The Morgan fingerprint density at radius 1 is 1.56 bits per heavy atom. The van der Waals surface area contributed by atoms with E-state index in [1.807, 2.05) is 0 Å². The van der Waals surface area contributed by atoms with Crippen LogP contribution in [0.1, 0.15) is 6.92 Å². The summed E-state index contributed by atoms with van der Waals surface area (Å²) in [6.45, 7) is 1.57. The Hall–Kier alpha value is -1.66. The average Bonchev–Trinajstić information content (AvgIpc) is 2.18. The van der Waals surface area contributed by atoms with Gasteiger partial charge in [-0.05, 0) is 13.0 Å². The number of hydrazine groups is 1. The van der Waals surface area contributed by atoms with E-state index in [0.29, 0.717) is 11.3 Å². The Balaban J connectivity index is 5.17. The summed E-state index contributed by atoms with van der Waals surface area (Å²) < 4.78 is 0. The summed E-state index contributed by atoms with van der Waals surface area (Å²) >= 11 is 0. The van der Waals surface area contributed by atoms with Gasteiger partial charge in [-0.15, -0.1) is 0 Å². The largest absolute Gasteiger partial charge is 0.403 e. The van der Waals surface area contributed by atoms with Gasteiger partial charge in [-0.25, -0.2) is 5.84 Å². The van der Waals surface area contributed by atoms with Gasteiger partial charge in [-0.3, -0.25) is 4.99 Å². The van der Waals surface area contributed by atoms with Gasteiger partial charge in [0.05, 0.1) is 5.70 Å². The van der Waals surface area contributed by atoms with Gasteiger partial charge in [0.2, 0.25) is 0 Å². The first-order valence-corrected chi connectivity index (χ1v) is 4.71. The van der Waals surface area contributed by atoms with Crippen LogP contribution in [0, 0.1) is 5.41 Å². The highest BCUT2D eigenvalue weighted by molar-refractivity contribution is 6.00. The maximum absolute atomic E-state index is 10.00. The normalized spacial score (nSPS) is 15.3. The molecule has 90 valence electrons. The summed E-state index contributed by atoms with van der Waals surface area (Å²) in [5, 5.41) is 18.8. The highest BCUT2D eigenvalue weighted by atomic mass is 16.3. The molecule has 0 aromatic rings. The molecule has 0 aromatic heterocycles. The van der Waals surface area contributed by atoms with Crippen LogP contribution in [0.4, 0.5) is 0 Å². The molecule has 0 heterocycles. The van der Waals surface area contributed by atoms with Gasteiger partial charge < -0.3 is 21.3 Å². The van der Waals surface area contributed by atoms with E-state index in [0.717, 1.165) is 0 Å². The molecule has 0 fully saturated rings. The molecule has 0 bridgehead atoms. The molecule has 0 saturated heterocycles. The summed E-state index contributed by atoms with van der Waals surface area (Å²) in [6.07, 6.45) is 3.24. The number of allylic oxidation sites excluding steroid dienone is 1. The van der Waals surface area contributed by atoms with E-state index < -0.39 is 6.10 Å². The van der Waals surface area contributed by atoms with Gasteiger partial charge in [0.25, 0.3) is 0 Å². The zero-order valence-corrected chi connectivity index (χ0v) is 9.81. The fourth-order valence-corrected chi connectivity index (χ4v) is 1.14. The molecule has 16 heavy (non-hydrogen) atoms. The molecule has 0 rings (SSSR count). The van der Waals surface area contributed by atoms with Crippen LogP contribution < -0.4 is 11.6 Å². The fourth-order valence-electron chi connectivity index (χ4n) is 1.14. The molecule has 6 nitrogen and oxygen atoms in total. The molecular formula is C10H19N5O. The van der Waals surface area contributed by atoms with Crippen molar-refractivity contribution in [2.45, 2.75) is 13.0 Å². The third-order valence-electron chi connectivity index (χ3n) is 1.99. The lowest BCUT2D eigenvalue weighted by molar-refractivity contribution is 0.208. The minimum atomic E-state index is -1.03. The molecule has 1 unspecified atom stereocenters. The zero-order valence-electron chi connectivity index (χ0n) is 9.81. The van der Waals surface area contributed by atoms with Crippen molar-refractivity contribution in [3.63, 3.8) is 0 Å². The molecule has 0 saturated carbocycles. The van der Waals surface area contributed by atoms with Crippen LogP contribution in [0.5, 0.6) is 0 Å². The Morgan fingerprint density at radius 2 is 2.12 bits per heavy atom. The van der Waals surface area contributed by atoms with Gasteiger partial charge in [0.15, 0.2) is 0 Å². The number of aliphatic imine (C=N–C) groups is 1. The summed E-state index contributed by atoms with van der Waals surface area (Å²) in [4.78, 5) is 3.77. The molecule has 6 N–H and O–H groups in total. The minimum absolute atomic E-state index is 0.230. The number of likely N-dealkylation sites (N-methyl/N-ethyl adjacent to an activating group) is 1. The predicted molar refractivity (Wildman–Crippen MR) is 66.1 cm³/mol. The van der Waals surface area contributed by atoms with Crippen LogP contribution in [0.3, 0.4) is 0 Å². The van der Waals surface area contributed by atoms with Crippen LogP contribution in [-0.2, 0) is 0 Å². The molecule has 6 heteroatoms. The molecule has 0 amide bonds. The van der Waals surface area contributed by atoms with E-state index >= 15 is 0 Å². The van der Waals surface area contributed by atoms with Crippen molar-refractivity contribution in [1.29, 1.82) is 5.41 Å². The summed E-state index contributed by atoms with van der Waals surface area (Å²) in [6, 6.07) is 0. The van der Waals surface area contributed by atoms with Crippen molar-refractivity contribution in [3.05, 3.63) is 23.5 Å². The van der Waals surface area contributed by atoms with Crippen molar-refractivity contribution in [1.82, 2.24) is 5.01 Å². The standard InChI is InChI=1S/C10H19N5O/c1-7(12)8(4-5-14-2)10(16)9(6-11)15(3)13/h4-6,10,12,16H,11,13H2,1-3H3. The molecular weight excluding hydrogens is 206 g/mol. The lowest BCUT2D eigenvalue weighted by Crippen LogP contribution is -2.35. The Labute approximate surface area is 95.4 Å². The number of hydrogen-bond acceptors (Lipinski definition) is 6. The van der Waals surface area contributed by atoms with E-state index in [9.17, 15) is 5.11 Å². The average molecular weight is 225 g/mol. The third-order valence-corrected chi connectivity index (χ3v) is 1.99. The van der Waals surface area contributed by atoms with Gasteiger partial charge in [-0.1, -0.05) is 0 Å². The van der Waals surface area contributed by atoms with Crippen LogP contribution in [-0.4, -0.2) is 42.2 Å². The van der Waals surface area contributed by atoms with E-state index in [1.54, 1.807) is 27.1 Å². The van der Waals surface area contributed by atoms with E-state index in [1.165, 1.54) is 17.4 Å².